The Bertz CT molecular complexity index is 698. The van der Waals surface area contributed by atoms with E-state index in [4.69, 9.17) is 23.2 Å². The van der Waals surface area contributed by atoms with Crippen LogP contribution >= 0.6 is 39.1 Å². The number of hydrogen-bond acceptors (Lipinski definition) is 1. The highest BCUT2D eigenvalue weighted by molar-refractivity contribution is 9.10. The average molecular weight is 374 g/mol. The fraction of sp³-hybridized carbons (Fsp3) is 0. The molecule has 0 unspecified atom stereocenters. The minimum atomic E-state index is -0.403. The van der Waals surface area contributed by atoms with E-state index in [9.17, 15) is 9.18 Å². The minimum absolute atomic E-state index is 0.266. The molecule has 0 aliphatic heterocycles. The number of halogens is 4. The molecule has 0 heterocycles. The third-order valence-electron chi connectivity index (χ3n) is 2.57. The van der Waals surface area contributed by atoms with E-state index in [0.717, 1.165) is 4.47 Å². The fourth-order valence-electron chi connectivity index (χ4n) is 1.59. The number of ketones is 1. The Kier molecular flexibility index (Phi) is 4.97. The third kappa shape index (κ3) is 3.69. The molecule has 0 amide bonds. The number of benzene rings is 2. The van der Waals surface area contributed by atoms with Crippen LogP contribution in [0.25, 0.3) is 6.08 Å². The first kappa shape index (κ1) is 15.2. The van der Waals surface area contributed by atoms with Crippen molar-refractivity contribution in [3.63, 3.8) is 0 Å². The normalized spacial score (nSPS) is 11.0. The first-order chi connectivity index (χ1) is 9.47. The summed E-state index contributed by atoms with van der Waals surface area (Å²) in [7, 11) is 0. The second-order valence-corrected chi connectivity index (χ2v) is 5.75. The van der Waals surface area contributed by atoms with Gasteiger partial charge in [0.1, 0.15) is 5.82 Å². The summed E-state index contributed by atoms with van der Waals surface area (Å²) in [6, 6.07) is 9.10. The van der Waals surface area contributed by atoms with E-state index in [-0.39, 0.29) is 10.8 Å². The van der Waals surface area contributed by atoms with Gasteiger partial charge >= 0.3 is 0 Å². The highest BCUT2D eigenvalue weighted by Gasteiger charge is 2.08. The summed E-state index contributed by atoms with van der Waals surface area (Å²) in [5.74, 6) is -0.717. The number of carbonyl (C=O) groups is 1. The van der Waals surface area contributed by atoms with E-state index in [0.29, 0.717) is 16.1 Å². The lowest BCUT2D eigenvalue weighted by Gasteiger charge is -2.01. The zero-order valence-electron chi connectivity index (χ0n) is 10.0. The van der Waals surface area contributed by atoms with Crippen LogP contribution in [0.4, 0.5) is 4.39 Å². The van der Waals surface area contributed by atoms with Crippen LogP contribution in [0.1, 0.15) is 15.9 Å². The largest absolute Gasteiger partial charge is 0.289 e. The van der Waals surface area contributed by atoms with Crippen LogP contribution in [0, 0.1) is 5.82 Å². The molecular weight excluding hydrogens is 366 g/mol. The summed E-state index contributed by atoms with van der Waals surface area (Å²) in [4.78, 5) is 12.0. The van der Waals surface area contributed by atoms with E-state index >= 15 is 0 Å². The summed E-state index contributed by atoms with van der Waals surface area (Å²) in [5.41, 5.74) is 0.639. The van der Waals surface area contributed by atoms with Crippen molar-refractivity contribution in [2.24, 2.45) is 0 Å². The summed E-state index contributed by atoms with van der Waals surface area (Å²) >= 11 is 15.0. The molecule has 0 N–H and O–H groups in total. The number of hydrogen-bond donors (Lipinski definition) is 0. The molecule has 1 nitrogen and oxygen atoms in total. The maximum Gasteiger partial charge on any atom is 0.187 e. The summed E-state index contributed by atoms with van der Waals surface area (Å²) in [6.45, 7) is 0. The summed E-state index contributed by atoms with van der Waals surface area (Å²) in [5, 5.41) is 0.718. The standard InChI is InChI=1S/C15H8BrCl2FO/c16-10-2-5-14(19)9(7-10)1-6-15(20)12-4-3-11(17)8-13(12)18/h1-8H/b6-1+. The molecule has 0 saturated heterocycles. The third-order valence-corrected chi connectivity index (χ3v) is 3.61. The van der Waals surface area contributed by atoms with Crippen molar-refractivity contribution in [3.8, 4) is 0 Å². The van der Waals surface area contributed by atoms with Gasteiger partial charge in [0.2, 0.25) is 0 Å². The van der Waals surface area contributed by atoms with Gasteiger partial charge in [-0.25, -0.2) is 4.39 Å². The lowest BCUT2D eigenvalue weighted by molar-refractivity contribution is 0.104. The molecule has 2 rings (SSSR count). The van der Waals surface area contributed by atoms with Gasteiger partial charge < -0.3 is 0 Å². The lowest BCUT2D eigenvalue weighted by Crippen LogP contribution is -1.95. The van der Waals surface area contributed by atoms with Crippen LogP contribution in [0.2, 0.25) is 10.0 Å². The maximum absolute atomic E-state index is 13.5. The van der Waals surface area contributed by atoms with Crippen molar-refractivity contribution in [2.75, 3.05) is 0 Å². The van der Waals surface area contributed by atoms with Crippen LogP contribution in [0.3, 0.4) is 0 Å². The first-order valence-corrected chi connectivity index (χ1v) is 7.15. The fourth-order valence-corrected chi connectivity index (χ4v) is 2.47. The van der Waals surface area contributed by atoms with Crippen LogP contribution in [-0.2, 0) is 0 Å². The zero-order chi connectivity index (χ0) is 14.7. The smallest absolute Gasteiger partial charge is 0.187 e. The van der Waals surface area contributed by atoms with Crippen LogP contribution in [-0.4, -0.2) is 5.78 Å². The van der Waals surface area contributed by atoms with Gasteiger partial charge in [-0.3, -0.25) is 4.79 Å². The molecule has 0 aliphatic carbocycles. The molecule has 2 aromatic rings. The van der Waals surface area contributed by atoms with E-state index in [1.807, 2.05) is 0 Å². The minimum Gasteiger partial charge on any atom is -0.289 e. The molecule has 102 valence electrons. The van der Waals surface area contributed by atoms with Crippen molar-refractivity contribution in [1.29, 1.82) is 0 Å². The predicted octanol–water partition coefficient (Wildman–Crippen LogP) is 5.79. The van der Waals surface area contributed by atoms with Crippen molar-refractivity contribution >= 4 is 51.0 Å². The van der Waals surface area contributed by atoms with Gasteiger partial charge in [-0.1, -0.05) is 39.1 Å². The molecular formula is C15H8BrCl2FO. The molecule has 0 bridgehead atoms. The number of allylic oxidation sites excluding steroid dienone is 1. The van der Waals surface area contributed by atoms with Gasteiger partial charge in [0.15, 0.2) is 5.78 Å². The van der Waals surface area contributed by atoms with Gasteiger partial charge in [-0.2, -0.15) is 0 Å². The first-order valence-electron chi connectivity index (χ1n) is 5.60. The Morgan fingerprint density at radius 1 is 1.15 bits per heavy atom. The Balaban J connectivity index is 2.27. The predicted molar refractivity (Wildman–Crippen MR) is 83.9 cm³/mol. The van der Waals surface area contributed by atoms with Crippen molar-refractivity contribution in [3.05, 3.63) is 73.9 Å². The highest BCUT2D eigenvalue weighted by Crippen LogP contribution is 2.22. The molecule has 2 aromatic carbocycles. The molecule has 0 saturated carbocycles. The molecule has 0 aliphatic rings. The summed E-state index contributed by atoms with van der Waals surface area (Å²) in [6.07, 6.45) is 2.69. The SMILES string of the molecule is O=C(/C=C/c1cc(Br)ccc1F)c1ccc(Cl)cc1Cl. The Morgan fingerprint density at radius 3 is 2.60 bits per heavy atom. The molecule has 0 atom stereocenters. The van der Waals surface area contributed by atoms with Crippen molar-refractivity contribution in [2.45, 2.75) is 0 Å². The van der Waals surface area contributed by atoms with Crippen LogP contribution in [0.5, 0.6) is 0 Å². The summed E-state index contributed by atoms with van der Waals surface area (Å²) < 4.78 is 14.3. The monoisotopic (exact) mass is 372 g/mol. The Morgan fingerprint density at radius 2 is 1.90 bits per heavy atom. The Hall–Kier alpha value is -1.16. The molecule has 5 heteroatoms. The number of rotatable bonds is 3. The molecule has 0 spiro atoms. The van der Waals surface area contributed by atoms with Gasteiger partial charge in [0, 0.05) is 20.6 Å². The van der Waals surface area contributed by atoms with E-state index in [1.54, 1.807) is 18.2 Å². The Labute approximate surface area is 134 Å². The lowest BCUT2D eigenvalue weighted by atomic mass is 10.1. The average Bonchev–Trinajstić information content (AvgIpc) is 2.39. The topological polar surface area (TPSA) is 17.1 Å². The molecule has 0 radical (unpaired) electrons. The maximum atomic E-state index is 13.5. The van der Waals surface area contributed by atoms with E-state index < -0.39 is 5.82 Å². The van der Waals surface area contributed by atoms with Crippen molar-refractivity contribution in [1.82, 2.24) is 0 Å². The number of carbonyl (C=O) groups excluding carboxylic acids is 1. The van der Waals surface area contributed by atoms with Crippen molar-refractivity contribution < 1.29 is 9.18 Å². The van der Waals surface area contributed by atoms with Gasteiger partial charge in [-0.05, 0) is 48.6 Å². The van der Waals surface area contributed by atoms with Gasteiger partial charge in [-0.15, -0.1) is 0 Å². The van der Waals surface area contributed by atoms with Gasteiger partial charge in [0.25, 0.3) is 0 Å². The second kappa shape index (κ2) is 6.53. The quantitative estimate of drug-likeness (QED) is 0.491. The van der Waals surface area contributed by atoms with E-state index in [2.05, 4.69) is 15.9 Å². The van der Waals surface area contributed by atoms with E-state index in [1.165, 1.54) is 30.4 Å². The second-order valence-electron chi connectivity index (χ2n) is 3.99. The van der Waals surface area contributed by atoms with Crippen LogP contribution < -0.4 is 0 Å². The highest BCUT2D eigenvalue weighted by atomic mass is 79.9. The van der Waals surface area contributed by atoms with Crippen LogP contribution in [0.15, 0.2) is 46.9 Å². The zero-order valence-corrected chi connectivity index (χ0v) is 13.1. The van der Waals surface area contributed by atoms with Gasteiger partial charge in [0.05, 0.1) is 5.02 Å². The molecule has 20 heavy (non-hydrogen) atoms. The molecule has 0 fully saturated rings. The molecule has 0 aromatic heterocycles.